The summed E-state index contributed by atoms with van der Waals surface area (Å²) in [5, 5.41) is 0. The molecule has 0 aliphatic carbocycles. The molecule has 0 rings (SSSR count). The van der Waals surface area contributed by atoms with Crippen molar-refractivity contribution in [2.24, 2.45) is 0 Å². The number of esters is 3. The molecule has 350 valence electrons. The number of rotatable bonds is 47. The number of hydrogen-bond donors (Lipinski definition) is 0. The lowest BCUT2D eigenvalue weighted by Crippen LogP contribution is -2.30. The highest BCUT2D eigenvalue weighted by Gasteiger charge is 2.19. The second-order valence-electron chi connectivity index (χ2n) is 17.4. The highest BCUT2D eigenvalue weighted by atomic mass is 16.6. The highest BCUT2D eigenvalue weighted by Crippen LogP contribution is 2.16. The Morgan fingerprint density at radius 3 is 0.967 bits per heavy atom. The smallest absolute Gasteiger partial charge is 0.306 e. The predicted molar refractivity (Wildman–Crippen MR) is 256 cm³/mol. The molecule has 0 bridgehead atoms. The molecule has 0 aliphatic heterocycles. The summed E-state index contributed by atoms with van der Waals surface area (Å²) < 4.78 is 16.8. The summed E-state index contributed by atoms with van der Waals surface area (Å²) in [7, 11) is 0. The van der Waals surface area contributed by atoms with E-state index in [4.69, 9.17) is 14.2 Å². The second kappa shape index (κ2) is 49.3. The Kier molecular flexibility index (Phi) is 47.3. The number of hydrogen-bond acceptors (Lipinski definition) is 6. The number of carbonyl (C=O) groups is 3. The zero-order valence-corrected chi connectivity index (χ0v) is 40.0. The van der Waals surface area contributed by atoms with Crippen molar-refractivity contribution >= 4 is 17.9 Å². The van der Waals surface area contributed by atoms with Crippen molar-refractivity contribution in [2.75, 3.05) is 13.2 Å². The van der Waals surface area contributed by atoms with Gasteiger partial charge in [0, 0.05) is 19.3 Å². The number of unbranched alkanes of at least 4 members (excludes halogenated alkanes) is 30. The van der Waals surface area contributed by atoms with Crippen LogP contribution in [0.3, 0.4) is 0 Å². The Bertz CT molecular complexity index is 1020. The van der Waals surface area contributed by atoms with Crippen LogP contribution in [-0.4, -0.2) is 37.2 Å². The van der Waals surface area contributed by atoms with E-state index in [2.05, 4.69) is 57.2 Å². The van der Waals surface area contributed by atoms with Crippen molar-refractivity contribution < 1.29 is 28.6 Å². The molecule has 1 atom stereocenters. The molecule has 0 saturated heterocycles. The lowest BCUT2D eigenvalue weighted by molar-refractivity contribution is -0.167. The zero-order valence-electron chi connectivity index (χ0n) is 40.0. The monoisotopic (exact) mass is 843 g/mol. The Morgan fingerprint density at radius 1 is 0.333 bits per heavy atom. The molecular formula is C54H98O6. The van der Waals surface area contributed by atoms with Crippen molar-refractivity contribution in [1.29, 1.82) is 0 Å². The van der Waals surface area contributed by atoms with Crippen molar-refractivity contribution in [1.82, 2.24) is 0 Å². The lowest BCUT2D eigenvalue weighted by Gasteiger charge is -2.18. The maximum Gasteiger partial charge on any atom is 0.306 e. The molecule has 0 unspecified atom stereocenters. The number of ether oxygens (including phenoxy) is 3. The summed E-state index contributed by atoms with van der Waals surface area (Å²) in [6, 6.07) is 0. The minimum absolute atomic E-state index is 0.0832. The van der Waals surface area contributed by atoms with Gasteiger partial charge in [-0.2, -0.15) is 0 Å². The predicted octanol–water partition coefficient (Wildman–Crippen LogP) is 16.9. The maximum atomic E-state index is 12.8. The third kappa shape index (κ3) is 46.7. The molecule has 0 aliphatic rings. The number of carbonyl (C=O) groups excluding carboxylic acids is 3. The van der Waals surface area contributed by atoms with Crippen LogP contribution in [0, 0.1) is 0 Å². The average Bonchev–Trinajstić information content (AvgIpc) is 3.24. The van der Waals surface area contributed by atoms with Gasteiger partial charge in [0.05, 0.1) is 0 Å². The molecule has 6 heteroatoms. The van der Waals surface area contributed by atoms with E-state index in [9.17, 15) is 14.4 Å². The van der Waals surface area contributed by atoms with Gasteiger partial charge in [0.25, 0.3) is 0 Å². The SMILES string of the molecule is CCCCC/C=C\C/C=C\C/C=C\CCCCC(=O)O[C@@H](COC(=O)CCCCCCCCCCCCCC)COC(=O)CCCCCCCCCCCCCCCCC. The average molecular weight is 843 g/mol. The van der Waals surface area contributed by atoms with Crippen LogP contribution in [0.4, 0.5) is 0 Å². The molecule has 0 aromatic carbocycles. The summed E-state index contributed by atoms with van der Waals surface area (Å²) in [4.78, 5) is 37.9. The van der Waals surface area contributed by atoms with Crippen LogP contribution in [0.2, 0.25) is 0 Å². The van der Waals surface area contributed by atoms with E-state index in [1.807, 2.05) is 0 Å². The summed E-state index contributed by atoms with van der Waals surface area (Å²) in [6.45, 7) is 6.60. The Balaban J connectivity index is 4.40. The molecule has 0 saturated carbocycles. The van der Waals surface area contributed by atoms with Crippen LogP contribution in [0.15, 0.2) is 36.5 Å². The minimum Gasteiger partial charge on any atom is -0.462 e. The van der Waals surface area contributed by atoms with Gasteiger partial charge >= 0.3 is 17.9 Å². The first-order valence-electron chi connectivity index (χ1n) is 26.0. The topological polar surface area (TPSA) is 78.9 Å². The first kappa shape index (κ1) is 57.6. The van der Waals surface area contributed by atoms with Gasteiger partial charge in [0.2, 0.25) is 0 Å². The first-order chi connectivity index (χ1) is 29.5. The molecule has 0 amide bonds. The van der Waals surface area contributed by atoms with Gasteiger partial charge in [-0.3, -0.25) is 14.4 Å². The summed E-state index contributed by atoms with van der Waals surface area (Å²) in [6.07, 6.45) is 57.0. The second-order valence-corrected chi connectivity index (χ2v) is 17.4. The zero-order chi connectivity index (χ0) is 43.7. The highest BCUT2D eigenvalue weighted by molar-refractivity contribution is 5.71. The molecule has 0 spiro atoms. The van der Waals surface area contributed by atoms with Crippen molar-refractivity contribution in [2.45, 2.75) is 277 Å². The van der Waals surface area contributed by atoms with Gasteiger partial charge in [-0.25, -0.2) is 0 Å². The third-order valence-corrected chi connectivity index (χ3v) is 11.4. The van der Waals surface area contributed by atoms with Gasteiger partial charge < -0.3 is 14.2 Å². The van der Waals surface area contributed by atoms with Crippen LogP contribution >= 0.6 is 0 Å². The Labute approximate surface area is 372 Å². The molecule has 6 nitrogen and oxygen atoms in total. The largest absolute Gasteiger partial charge is 0.462 e. The van der Waals surface area contributed by atoms with Gasteiger partial charge in [-0.15, -0.1) is 0 Å². The lowest BCUT2D eigenvalue weighted by atomic mass is 10.0. The van der Waals surface area contributed by atoms with E-state index in [0.717, 1.165) is 64.2 Å². The quantitative estimate of drug-likeness (QED) is 0.0263. The summed E-state index contributed by atoms with van der Waals surface area (Å²) in [5.41, 5.74) is 0. The summed E-state index contributed by atoms with van der Waals surface area (Å²) in [5.74, 6) is -0.910. The molecule has 0 N–H and O–H groups in total. The molecular weight excluding hydrogens is 745 g/mol. The Morgan fingerprint density at radius 2 is 0.600 bits per heavy atom. The standard InChI is InChI=1S/C54H98O6/c1-4-7-10-13-16-19-22-25-27-29-32-35-38-41-44-47-53(56)59-50-51(49-58-52(55)46-43-40-37-34-31-24-21-18-15-12-9-6-3)60-54(57)48-45-42-39-36-33-30-28-26-23-20-17-14-11-8-5-2/h17,20,26,28,33,36,51H,4-16,18-19,21-25,27,29-32,34-35,37-50H2,1-3H3/b20-17-,28-26-,36-33-/t51-/m0/s1. The van der Waals surface area contributed by atoms with E-state index >= 15 is 0 Å². The van der Waals surface area contributed by atoms with Crippen LogP contribution in [-0.2, 0) is 28.6 Å². The van der Waals surface area contributed by atoms with Gasteiger partial charge in [0.1, 0.15) is 13.2 Å². The molecule has 0 aromatic heterocycles. The van der Waals surface area contributed by atoms with Gasteiger partial charge in [-0.05, 0) is 57.8 Å². The summed E-state index contributed by atoms with van der Waals surface area (Å²) >= 11 is 0. The van der Waals surface area contributed by atoms with Crippen molar-refractivity contribution in [3.63, 3.8) is 0 Å². The van der Waals surface area contributed by atoms with Crippen molar-refractivity contribution in [3.8, 4) is 0 Å². The van der Waals surface area contributed by atoms with E-state index in [1.54, 1.807) is 0 Å². The molecule has 0 heterocycles. The Hall–Kier alpha value is -2.37. The van der Waals surface area contributed by atoms with E-state index < -0.39 is 6.10 Å². The van der Waals surface area contributed by atoms with Crippen LogP contribution in [0.5, 0.6) is 0 Å². The fourth-order valence-corrected chi connectivity index (χ4v) is 7.45. The molecule has 0 fully saturated rings. The van der Waals surface area contributed by atoms with Crippen LogP contribution < -0.4 is 0 Å². The van der Waals surface area contributed by atoms with Crippen LogP contribution in [0.25, 0.3) is 0 Å². The van der Waals surface area contributed by atoms with Gasteiger partial charge in [-0.1, -0.05) is 231 Å². The molecule has 0 aromatic rings. The fourth-order valence-electron chi connectivity index (χ4n) is 7.45. The van der Waals surface area contributed by atoms with Crippen LogP contribution in [0.1, 0.15) is 271 Å². The third-order valence-electron chi connectivity index (χ3n) is 11.4. The molecule has 60 heavy (non-hydrogen) atoms. The first-order valence-corrected chi connectivity index (χ1v) is 26.0. The maximum absolute atomic E-state index is 12.8. The van der Waals surface area contributed by atoms with E-state index in [0.29, 0.717) is 19.3 Å². The van der Waals surface area contributed by atoms with Crippen molar-refractivity contribution in [3.05, 3.63) is 36.5 Å². The van der Waals surface area contributed by atoms with Gasteiger partial charge in [0.15, 0.2) is 6.10 Å². The van der Waals surface area contributed by atoms with E-state index in [1.165, 1.54) is 161 Å². The number of allylic oxidation sites excluding steroid dienone is 6. The fraction of sp³-hybridized carbons (Fsp3) is 0.833. The molecule has 0 radical (unpaired) electrons. The normalized spacial score (nSPS) is 12.2. The van der Waals surface area contributed by atoms with E-state index in [-0.39, 0.29) is 37.5 Å². The minimum atomic E-state index is -0.786.